The first-order valence-electron chi connectivity index (χ1n) is 11.2. The van der Waals surface area contributed by atoms with Crippen molar-refractivity contribution in [2.45, 2.75) is 13.0 Å². The molecule has 36 heavy (non-hydrogen) atoms. The first-order valence-corrected chi connectivity index (χ1v) is 12.7. The maximum atomic E-state index is 13.7. The van der Waals surface area contributed by atoms with Gasteiger partial charge in [0.25, 0.3) is 5.91 Å². The van der Waals surface area contributed by atoms with Crippen LogP contribution in [0.25, 0.3) is 0 Å². The van der Waals surface area contributed by atoms with Crippen LogP contribution in [0.3, 0.4) is 0 Å². The number of hydrazone groups is 1. The molecule has 0 bridgehead atoms. The van der Waals surface area contributed by atoms with Crippen LogP contribution in [0, 0.1) is 5.92 Å². The lowest BCUT2D eigenvalue weighted by molar-refractivity contribution is -0.140. The van der Waals surface area contributed by atoms with E-state index in [1.165, 1.54) is 4.90 Å². The van der Waals surface area contributed by atoms with Gasteiger partial charge in [0.05, 0.1) is 19.1 Å². The number of hydrogen-bond donors (Lipinski definition) is 1. The minimum Gasteiger partial charge on any atom is -0.497 e. The molecular weight excluding hydrogens is 481 g/mol. The summed E-state index contributed by atoms with van der Waals surface area (Å²) < 4.78 is 30.2. The third-order valence-corrected chi connectivity index (χ3v) is 6.99. The number of para-hydroxylation sites is 2. The van der Waals surface area contributed by atoms with Crippen molar-refractivity contribution in [2.75, 3.05) is 14.2 Å². The van der Waals surface area contributed by atoms with Crippen LogP contribution in [-0.4, -0.2) is 36.5 Å². The zero-order valence-corrected chi connectivity index (χ0v) is 20.9. The molecule has 9 nitrogen and oxygen atoms in total. The average Bonchev–Trinajstić information content (AvgIpc) is 3.12. The Balaban J connectivity index is 1.63. The van der Waals surface area contributed by atoms with Crippen molar-refractivity contribution >= 4 is 25.1 Å². The molecule has 1 saturated heterocycles. The molecule has 0 saturated carbocycles. The molecule has 0 aliphatic carbocycles. The number of carbonyl (C=O) groups excluding carboxylic acids is 2. The SMILES string of the molecule is COc1ccc(C2C(/C(C)=N/NP(=O)(Oc3ccccc3)Oc3ccccc3)C(=O)C(=O)N2C)cc1. The maximum absolute atomic E-state index is 13.7. The molecule has 2 unspecified atom stereocenters. The highest BCUT2D eigenvalue weighted by Crippen LogP contribution is 2.45. The normalized spacial score (nSPS) is 18.2. The summed E-state index contributed by atoms with van der Waals surface area (Å²) in [7, 11) is -0.949. The van der Waals surface area contributed by atoms with Gasteiger partial charge in [0.2, 0.25) is 5.78 Å². The van der Waals surface area contributed by atoms with Crippen LogP contribution in [0.5, 0.6) is 17.2 Å². The molecule has 186 valence electrons. The number of ketones is 1. The number of nitrogens with one attached hydrogen (secondary N) is 1. The Bertz CT molecular complexity index is 1250. The molecular formula is C26H26N3O6P. The van der Waals surface area contributed by atoms with Gasteiger partial charge in [-0.15, -0.1) is 0 Å². The number of Topliss-reactive ketones (excluding diaryl/α,β-unsaturated/α-hetero) is 1. The molecule has 1 amide bonds. The van der Waals surface area contributed by atoms with Crippen molar-refractivity contribution in [3.05, 3.63) is 90.5 Å². The molecule has 3 aromatic rings. The molecule has 0 aromatic heterocycles. The monoisotopic (exact) mass is 507 g/mol. The van der Waals surface area contributed by atoms with E-state index >= 15 is 0 Å². The lowest BCUT2D eigenvalue weighted by Crippen LogP contribution is -2.27. The number of benzene rings is 3. The van der Waals surface area contributed by atoms with E-state index in [0.29, 0.717) is 17.2 Å². The summed E-state index contributed by atoms with van der Waals surface area (Å²) in [5.74, 6) is -0.869. The number of nitrogens with zero attached hydrogens (tertiary/aromatic N) is 2. The van der Waals surface area contributed by atoms with Gasteiger partial charge in [-0.3, -0.25) is 9.59 Å². The minimum atomic E-state index is -4.07. The van der Waals surface area contributed by atoms with Gasteiger partial charge >= 0.3 is 7.75 Å². The van der Waals surface area contributed by atoms with Gasteiger partial charge < -0.3 is 18.7 Å². The molecule has 10 heteroatoms. The zero-order chi connectivity index (χ0) is 25.7. The molecule has 0 radical (unpaired) electrons. The Morgan fingerprint density at radius 2 is 1.39 bits per heavy atom. The van der Waals surface area contributed by atoms with Crippen LogP contribution in [0.15, 0.2) is 90.0 Å². The lowest BCUT2D eigenvalue weighted by atomic mass is 9.89. The van der Waals surface area contributed by atoms with Crippen LogP contribution >= 0.6 is 7.75 Å². The topological polar surface area (TPSA) is 107 Å². The molecule has 1 aliphatic rings. The van der Waals surface area contributed by atoms with E-state index < -0.39 is 31.4 Å². The Hall–Kier alpha value is -4.10. The average molecular weight is 507 g/mol. The van der Waals surface area contributed by atoms with Gasteiger partial charge in [-0.2, -0.15) is 10.3 Å². The van der Waals surface area contributed by atoms with Gasteiger partial charge in [0.15, 0.2) is 0 Å². The molecule has 2 atom stereocenters. The Morgan fingerprint density at radius 1 is 0.861 bits per heavy atom. The second-order valence-corrected chi connectivity index (χ2v) is 9.70. The fourth-order valence-corrected chi connectivity index (χ4v) is 5.14. The molecule has 1 aliphatic heterocycles. The lowest BCUT2D eigenvalue weighted by Gasteiger charge is -2.25. The van der Waals surface area contributed by atoms with E-state index in [-0.39, 0.29) is 5.71 Å². The Kier molecular flexibility index (Phi) is 7.41. The van der Waals surface area contributed by atoms with E-state index in [1.54, 1.807) is 106 Å². The van der Waals surface area contributed by atoms with Crippen LogP contribution in [0.2, 0.25) is 0 Å². The number of hydrogen-bond acceptors (Lipinski definition) is 7. The van der Waals surface area contributed by atoms with Crippen molar-refractivity contribution < 1.29 is 27.9 Å². The Labute approximate surface area is 209 Å². The number of ether oxygens (including phenoxy) is 1. The number of rotatable bonds is 9. The fourth-order valence-electron chi connectivity index (χ4n) is 3.94. The van der Waals surface area contributed by atoms with Crippen molar-refractivity contribution in [3.8, 4) is 17.2 Å². The number of carbonyl (C=O) groups is 2. The summed E-state index contributed by atoms with van der Waals surface area (Å²) in [6.45, 7) is 1.59. The predicted molar refractivity (Wildman–Crippen MR) is 135 cm³/mol. The Morgan fingerprint density at radius 3 is 1.89 bits per heavy atom. The van der Waals surface area contributed by atoms with Gasteiger partial charge in [0, 0.05) is 12.8 Å². The van der Waals surface area contributed by atoms with E-state index in [9.17, 15) is 14.2 Å². The number of likely N-dealkylation sites (tertiary alicyclic amines) is 1. The highest BCUT2D eigenvalue weighted by molar-refractivity contribution is 7.52. The smallest absolute Gasteiger partial charge is 0.497 e. The maximum Gasteiger partial charge on any atom is 0.557 e. The van der Waals surface area contributed by atoms with Crippen LogP contribution < -0.4 is 19.0 Å². The summed E-state index contributed by atoms with van der Waals surface area (Å²) in [5, 5.41) is 6.74. The van der Waals surface area contributed by atoms with Crippen molar-refractivity contribution in [2.24, 2.45) is 11.0 Å². The van der Waals surface area contributed by atoms with E-state index in [0.717, 1.165) is 5.56 Å². The number of amides is 1. The third kappa shape index (κ3) is 5.42. The molecule has 3 aromatic carbocycles. The van der Waals surface area contributed by atoms with Crippen molar-refractivity contribution in [1.82, 2.24) is 10.1 Å². The standard InChI is InChI=1S/C26H26N3O6P/c1-18(23-24(29(2)26(31)25(23)30)19-14-16-20(33-3)17-15-19)27-28-36(32,34-21-10-6-4-7-11-21)35-22-12-8-5-9-13-22/h4-17,23-24H,1-3H3,(H,28,32)/b27-18+. The minimum absolute atomic E-state index is 0.257. The molecule has 1 N–H and O–H groups in total. The van der Waals surface area contributed by atoms with Gasteiger partial charge in [0.1, 0.15) is 17.2 Å². The first-order chi connectivity index (χ1) is 17.3. The highest BCUT2D eigenvalue weighted by Gasteiger charge is 2.48. The summed E-state index contributed by atoms with van der Waals surface area (Å²) in [6.07, 6.45) is 0. The first kappa shape index (κ1) is 25.0. The second kappa shape index (κ2) is 10.7. The predicted octanol–water partition coefficient (Wildman–Crippen LogP) is 4.63. The summed E-state index contributed by atoms with van der Waals surface area (Å²) in [4.78, 5) is 26.9. The summed E-state index contributed by atoms with van der Waals surface area (Å²) in [6, 6.07) is 23.6. The number of methoxy groups -OCH3 is 1. The summed E-state index contributed by atoms with van der Waals surface area (Å²) >= 11 is 0. The van der Waals surface area contributed by atoms with Gasteiger partial charge in [-0.05, 0) is 48.9 Å². The van der Waals surface area contributed by atoms with Gasteiger partial charge in [-0.25, -0.2) is 4.57 Å². The van der Waals surface area contributed by atoms with Gasteiger partial charge in [-0.1, -0.05) is 48.5 Å². The second-order valence-electron chi connectivity index (χ2n) is 8.14. The summed E-state index contributed by atoms with van der Waals surface area (Å²) in [5.41, 5.74) is 0.994. The highest BCUT2D eigenvalue weighted by atomic mass is 31.2. The quantitative estimate of drug-likeness (QED) is 0.195. The largest absolute Gasteiger partial charge is 0.557 e. The van der Waals surface area contributed by atoms with Crippen molar-refractivity contribution in [1.29, 1.82) is 0 Å². The fraction of sp³-hybridized carbons (Fsp3) is 0.192. The van der Waals surface area contributed by atoms with Crippen LogP contribution in [0.4, 0.5) is 0 Å². The molecule has 1 heterocycles. The molecule has 1 fully saturated rings. The van der Waals surface area contributed by atoms with E-state index in [4.69, 9.17) is 13.8 Å². The molecule has 0 spiro atoms. The van der Waals surface area contributed by atoms with E-state index in [2.05, 4.69) is 10.3 Å². The van der Waals surface area contributed by atoms with Crippen molar-refractivity contribution in [3.63, 3.8) is 0 Å². The van der Waals surface area contributed by atoms with Crippen LogP contribution in [0.1, 0.15) is 18.5 Å². The zero-order valence-electron chi connectivity index (χ0n) is 20.0. The third-order valence-electron chi connectivity index (χ3n) is 5.74. The molecule has 4 rings (SSSR count). The van der Waals surface area contributed by atoms with Crippen LogP contribution in [-0.2, 0) is 14.2 Å². The van der Waals surface area contributed by atoms with E-state index in [1.807, 2.05) is 0 Å². The number of likely N-dealkylation sites (N-methyl/N-ethyl adjacent to an activating group) is 1.